The van der Waals surface area contributed by atoms with E-state index in [1.165, 1.54) is 5.56 Å². The SMILES string of the molecule is COc1ccc(OCCCC(=O)Nc2ccc(SCc3cccnc3)cc2)cc1. The van der Waals surface area contributed by atoms with Crippen LogP contribution in [0.25, 0.3) is 0 Å². The van der Waals surface area contributed by atoms with Gasteiger partial charge in [-0.2, -0.15) is 0 Å². The number of carbonyl (C=O) groups is 1. The van der Waals surface area contributed by atoms with Crippen LogP contribution in [0.2, 0.25) is 0 Å². The summed E-state index contributed by atoms with van der Waals surface area (Å²) in [7, 11) is 1.63. The fourth-order valence-electron chi connectivity index (χ4n) is 2.60. The lowest BCUT2D eigenvalue weighted by molar-refractivity contribution is -0.116. The molecule has 0 aliphatic rings. The highest BCUT2D eigenvalue weighted by atomic mass is 32.2. The zero-order valence-corrected chi connectivity index (χ0v) is 17.2. The zero-order valence-electron chi connectivity index (χ0n) is 16.3. The average Bonchev–Trinajstić information content (AvgIpc) is 2.77. The number of nitrogens with one attached hydrogen (secondary N) is 1. The molecule has 29 heavy (non-hydrogen) atoms. The fourth-order valence-corrected chi connectivity index (χ4v) is 3.44. The van der Waals surface area contributed by atoms with Gasteiger partial charge in [-0.25, -0.2) is 0 Å². The average molecular weight is 409 g/mol. The van der Waals surface area contributed by atoms with Gasteiger partial charge in [-0.05, 0) is 66.6 Å². The van der Waals surface area contributed by atoms with Crippen LogP contribution >= 0.6 is 11.8 Å². The number of thioether (sulfide) groups is 1. The third-order valence-electron chi connectivity index (χ3n) is 4.14. The molecular weight excluding hydrogens is 384 g/mol. The van der Waals surface area contributed by atoms with Gasteiger partial charge < -0.3 is 14.8 Å². The minimum atomic E-state index is -0.0147. The summed E-state index contributed by atoms with van der Waals surface area (Å²) in [5, 5.41) is 2.93. The van der Waals surface area contributed by atoms with Gasteiger partial charge in [0.05, 0.1) is 13.7 Å². The molecule has 0 fully saturated rings. The number of hydrogen-bond donors (Lipinski definition) is 1. The van der Waals surface area contributed by atoms with Crippen molar-refractivity contribution in [2.45, 2.75) is 23.5 Å². The van der Waals surface area contributed by atoms with E-state index in [0.717, 1.165) is 27.8 Å². The number of hydrogen-bond acceptors (Lipinski definition) is 5. The third-order valence-corrected chi connectivity index (χ3v) is 5.23. The van der Waals surface area contributed by atoms with E-state index in [-0.39, 0.29) is 5.91 Å². The number of aromatic nitrogens is 1. The predicted molar refractivity (Wildman–Crippen MR) is 117 cm³/mol. The first-order valence-electron chi connectivity index (χ1n) is 9.41. The van der Waals surface area contributed by atoms with Crippen molar-refractivity contribution in [1.29, 1.82) is 0 Å². The van der Waals surface area contributed by atoms with Crippen LogP contribution in [0.3, 0.4) is 0 Å². The quantitative estimate of drug-likeness (QED) is 0.370. The summed E-state index contributed by atoms with van der Waals surface area (Å²) in [5.41, 5.74) is 1.99. The largest absolute Gasteiger partial charge is 0.497 e. The zero-order chi connectivity index (χ0) is 20.3. The van der Waals surface area contributed by atoms with Crippen molar-refractivity contribution in [2.75, 3.05) is 19.0 Å². The molecule has 0 spiro atoms. The predicted octanol–water partition coefficient (Wildman–Crippen LogP) is 5.18. The standard InChI is InChI=1S/C23H24N2O3S/c1-27-20-8-10-21(11-9-20)28-15-3-5-23(26)25-19-6-12-22(13-7-19)29-17-18-4-2-14-24-16-18/h2,4,6-14,16H,3,5,15,17H2,1H3,(H,25,26). The summed E-state index contributed by atoms with van der Waals surface area (Å²) in [5.74, 6) is 2.41. The van der Waals surface area contributed by atoms with E-state index in [1.54, 1.807) is 25.1 Å². The first kappa shape index (κ1) is 20.7. The molecule has 1 amide bonds. The second kappa shape index (κ2) is 11.1. The van der Waals surface area contributed by atoms with E-state index in [1.807, 2.05) is 60.8 Å². The number of methoxy groups -OCH3 is 1. The van der Waals surface area contributed by atoms with Gasteiger partial charge in [-0.3, -0.25) is 9.78 Å². The van der Waals surface area contributed by atoms with Gasteiger partial charge in [0.2, 0.25) is 5.91 Å². The van der Waals surface area contributed by atoms with Gasteiger partial charge in [0.15, 0.2) is 0 Å². The Labute approximate surface area is 175 Å². The molecular formula is C23H24N2O3S. The molecule has 0 aliphatic heterocycles. The topological polar surface area (TPSA) is 60.5 Å². The Morgan fingerprint density at radius 2 is 1.79 bits per heavy atom. The van der Waals surface area contributed by atoms with Crippen LogP contribution in [0.1, 0.15) is 18.4 Å². The molecule has 5 nitrogen and oxygen atoms in total. The molecule has 0 unspecified atom stereocenters. The third kappa shape index (κ3) is 7.16. The summed E-state index contributed by atoms with van der Waals surface area (Å²) in [6.07, 6.45) is 4.71. The number of carbonyl (C=O) groups excluding carboxylic acids is 1. The molecule has 0 saturated carbocycles. The second-order valence-electron chi connectivity index (χ2n) is 6.35. The second-order valence-corrected chi connectivity index (χ2v) is 7.40. The van der Waals surface area contributed by atoms with Crippen LogP contribution < -0.4 is 14.8 Å². The maximum Gasteiger partial charge on any atom is 0.224 e. The maximum atomic E-state index is 12.1. The van der Waals surface area contributed by atoms with Crippen molar-refractivity contribution in [3.63, 3.8) is 0 Å². The Balaban J connectivity index is 1.35. The van der Waals surface area contributed by atoms with Crippen molar-refractivity contribution < 1.29 is 14.3 Å². The first-order chi connectivity index (χ1) is 14.2. The Kier molecular flexibility index (Phi) is 7.95. The fraction of sp³-hybridized carbons (Fsp3) is 0.217. The highest BCUT2D eigenvalue weighted by Gasteiger charge is 2.04. The molecule has 1 aromatic heterocycles. The van der Waals surface area contributed by atoms with Crippen molar-refractivity contribution >= 4 is 23.4 Å². The molecule has 0 atom stereocenters. The molecule has 2 aromatic carbocycles. The number of nitrogens with zero attached hydrogens (tertiary/aromatic N) is 1. The Morgan fingerprint density at radius 3 is 2.48 bits per heavy atom. The van der Waals surface area contributed by atoms with Crippen LogP contribution in [0.15, 0.2) is 78.0 Å². The molecule has 6 heteroatoms. The van der Waals surface area contributed by atoms with Crippen LogP contribution in [-0.2, 0) is 10.5 Å². The van der Waals surface area contributed by atoms with Crippen molar-refractivity contribution in [1.82, 2.24) is 4.98 Å². The van der Waals surface area contributed by atoms with Crippen LogP contribution in [0.5, 0.6) is 11.5 Å². The highest BCUT2D eigenvalue weighted by molar-refractivity contribution is 7.98. The van der Waals surface area contributed by atoms with Crippen LogP contribution in [0, 0.1) is 0 Å². The lowest BCUT2D eigenvalue weighted by Crippen LogP contribution is -2.12. The van der Waals surface area contributed by atoms with Crippen LogP contribution in [-0.4, -0.2) is 24.6 Å². The number of amides is 1. The lowest BCUT2D eigenvalue weighted by atomic mass is 10.2. The van der Waals surface area contributed by atoms with E-state index in [4.69, 9.17) is 9.47 Å². The van der Waals surface area contributed by atoms with Crippen molar-refractivity contribution in [3.8, 4) is 11.5 Å². The van der Waals surface area contributed by atoms with E-state index in [0.29, 0.717) is 19.4 Å². The minimum absolute atomic E-state index is 0.0147. The number of pyridine rings is 1. The van der Waals surface area contributed by atoms with Gasteiger partial charge in [0, 0.05) is 35.2 Å². The smallest absolute Gasteiger partial charge is 0.224 e. The van der Waals surface area contributed by atoms with E-state index < -0.39 is 0 Å². The maximum absolute atomic E-state index is 12.1. The Bertz CT molecular complexity index is 884. The summed E-state index contributed by atoms with van der Waals surface area (Å²) < 4.78 is 10.8. The number of anilines is 1. The summed E-state index contributed by atoms with van der Waals surface area (Å²) in [6.45, 7) is 0.490. The molecule has 0 bridgehead atoms. The Morgan fingerprint density at radius 1 is 1.03 bits per heavy atom. The number of ether oxygens (including phenoxy) is 2. The number of benzene rings is 2. The molecule has 3 rings (SSSR count). The van der Waals surface area contributed by atoms with E-state index in [9.17, 15) is 4.79 Å². The van der Waals surface area contributed by atoms with Gasteiger partial charge >= 0.3 is 0 Å². The molecule has 150 valence electrons. The molecule has 3 aromatic rings. The molecule has 0 radical (unpaired) electrons. The summed E-state index contributed by atoms with van der Waals surface area (Å²) in [4.78, 5) is 17.4. The summed E-state index contributed by atoms with van der Waals surface area (Å²) in [6, 6.07) is 19.3. The molecule has 1 heterocycles. The molecule has 0 saturated heterocycles. The first-order valence-corrected chi connectivity index (χ1v) is 10.4. The van der Waals surface area contributed by atoms with Crippen molar-refractivity contribution in [2.24, 2.45) is 0 Å². The van der Waals surface area contributed by atoms with Gasteiger partial charge in [-0.15, -0.1) is 11.8 Å². The monoisotopic (exact) mass is 408 g/mol. The van der Waals surface area contributed by atoms with Gasteiger partial charge in [0.1, 0.15) is 11.5 Å². The van der Waals surface area contributed by atoms with E-state index in [2.05, 4.69) is 16.4 Å². The minimum Gasteiger partial charge on any atom is -0.497 e. The Hall–Kier alpha value is -2.99. The van der Waals surface area contributed by atoms with Gasteiger partial charge in [0.25, 0.3) is 0 Å². The lowest BCUT2D eigenvalue weighted by Gasteiger charge is -2.08. The normalized spacial score (nSPS) is 10.4. The van der Waals surface area contributed by atoms with Crippen molar-refractivity contribution in [3.05, 3.63) is 78.6 Å². The van der Waals surface area contributed by atoms with Gasteiger partial charge in [-0.1, -0.05) is 6.07 Å². The summed E-state index contributed by atoms with van der Waals surface area (Å²) >= 11 is 1.74. The molecule has 0 aliphatic carbocycles. The highest BCUT2D eigenvalue weighted by Crippen LogP contribution is 2.24. The number of rotatable bonds is 10. The van der Waals surface area contributed by atoms with Crippen LogP contribution in [0.4, 0.5) is 5.69 Å². The van der Waals surface area contributed by atoms with E-state index >= 15 is 0 Å². The molecule has 1 N–H and O–H groups in total.